The molecule has 0 unspecified atom stereocenters. The molecule has 32 heavy (non-hydrogen) atoms. The van der Waals surface area contributed by atoms with Gasteiger partial charge in [-0.05, 0) is 45.0 Å². The van der Waals surface area contributed by atoms with Gasteiger partial charge in [-0.25, -0.2) is 4.98 Å². The number of nitrogens with one attached hydrogen (secondary N) is 1. The molecular formula is C24H34N6OS. The van der Waals surface area contributed by atoms with E-state index in [-0.39, 0.29) is 13.3 Å². The molecule has 0 atom stereocenters. The lowest BCUT2D eigenvalue weighted by molar-refractivity contribution is 0.103. The molecule has 1 aliphatic heterocycles. The van der Waals surface area contributed by atoms with Gasteiger partial charge in [-0.3, -0.25) is 9.48 Å². The summed E-state index contributed by atoms with van der Waals surface area (Å²) in [5, 5.41) is 8.91. The first-order valence-corrected chi connectivity index (χ1v) is 12.1. The van der Waals surface area contributed by atoms with Crippen molar-refractivity contribution in [2.75, 3.05) is 43.4 Å². The monoisotopic (exact) mass is 454 g/mol. The van der Waals surface area contributed by atoms with Crippen LogP contribution >= 0.6 is 11.3 Å². The Morgan fingerprint density at radius 2 is 1.88 bits per heavy atom. The average molecular weight is 455 g/mol. The van der Waals surface area contributed by atoms with Gasteiger partial charge in [0, 0.05) is 31.6 Å². The van der Waals surface area contributed by atoms with E-state index in [0.717, 1.165) is 58.5 Å². The third kappa shape index (κ3) is 4.52. The van der Waals surface area contributed by atoms with E-state index in [2.05, 4.69) is 31.8 Å². The molecule has 4 heterocycles. The quantitative estimate of drug-likeness (QED) is 0.604. The Hall–Kier alpha value is -2.45. The van der Waals surface area contributed by atoms with Crippen LogP contribution in [0, 0.1) is 6.92 Å². The highest BCUT2D eigenvalue weighted by atomic mass is 32.1. The number of carbonyl (C=O) groups is 1. The summed E-state index contributed by atoms with van der Waals surface area (Å²) >= 11 is 1.55. The van der Waals surface area contributed by atoms with Crippen molar-refractivity contribution in [1.82, 2.24) is 19.7 Å². The standard InChI is InChI=1S/C23H30N6OS.CH4/c1-16-19-14-20(31-23(19)29(26-16)18-6-4-3-5-7-18)22(30)25-17-8-9-21(24-15-17)28-12-10-27(2)11-13-28;/h8-9,14-15,18H,3-7,10-13H2,1-2H3,(H,25,30);1H4. The molecule has 1 saturated carbocycles. The minimum atomic E-state index is -0.0788. The Morgan fingerprint density at radius 1 is 1.12 bits per heavy atom. The Bertz CT molecular complexity index is 1060. The summed E-state index contributed by atoms with van der Waals surface area (Å²) in [5.74, 6) is 0.890. The largest absolute Gasteiger partial charge is 0.354 e. The first-order valence-electron chi connectivity index (χ1n) is 11.3. The molecule has 0 spiro atoms. The van der Waals surface area contributed by atoms with E-state index in [1.54, 1.807) is 17.5 Å². The minimum absolute atomic E-state index is 0. The summed E-state index contributed by atoms with van der Waals surface area (Å²) in [6.07, 6.45) is 7.97. The molecule has 1 saturated heterocycles. The van der Waals surface area contributed by atoms with Gasteiger partial charge in [0.25, 0.3) is 5.91 Å². The molecule has 1 amide bonds. The predicted octanol–water partition coefficient (Wildman–Crippen LogP) is 4.95. The number of amides is 1. The Balaban J connectivity index is 0.00000245. The van der Waals surface area contributed by atoms with Gasteiger partial charge in [-0.15, -0.1) is 11.3 Å². The summed E-state index contributed by atoms with van der Waals surface area (Å²) < 4.78 is 2.18. The van der Waals surface area contributed by atoms with E-state index in [1.165, 1.54) is 32.1 Å². The molecule has 0 aromatic carbocycles. The van der Waals surface area contributed by atoms with E-state index in [4.69, 9.17) is 5.10 Å². The first kappa shape index (κ1) is 22.7. The van der Waals surface area contributed by atoms with Gasteiger partial charge in [0.05, 0.1) is 28.5 Å². The topological polar surface area (TPSA) is 66.3 Å². The number of aryl methyl sites for hydroxylation is 1. The maximum absolute atomic E-state index is 12.9. The summed E-state index contributed by atoms with van der Waals surface area (Å²) in [7, 11) is 2.14. The van der Waals surface area contributed by atoms with Crippen LogP contribution in [0.4, 0.5) is 11.5 Å². The smallest absolute Gasteiger partial charge is 0.265 e. The van der Waals surface area contributed by atoms with Crippen LogP contribution in [0.2, 0.25) is 0 Å². The van der Waals surface area contributed by atoms with Crippen molar-refractivity contribution in [3.05, 3.63) is 35.0 Å². The van der Waals surface area contributed by atoms with Crippen LogP contribution in [-0.2, 0) is 0 Å². The number of rotatable bonds is 4. The van der Waals surface area contributed by atoms with E-state index in [9.17, 15) is 4.79 Å². The zero-order valence-electron chi connectivity index (χ0n) is 18.3. The molecule has 0 bridgehead atoms. The molecule has 3 aromatic rings. The van der Waals surface area contributed by atoms with Crippen molar-refractivity contribution < 1.29 is 4.79 Å². The summed E-state index contributed by atoms with van der Waals surface area (Å²) in [4.78, 5) is 24.0. The number of hydrogen-bond acceptors (Lipinski definition) is 6. The predicted molar refractivity (Wildman–Crippen MR) is 133 cm³/mol. The van der Waals surface area contributed by atoms with E-state index < -0.39 is 0 Å². The van der Waals surface area contributed by atoms with Crippen LogP contribution in [0.3, 0.4) is 0 Å². The molecule has 1 N–H and O–H groups in total. The molecule has 8 heteroatoms. The molecule has 1 aliphatic carbocycles. The number of nitrogens with zero attached hydrogens (tertiary/aromatic N) is 5. The maximum Gasteiger partial charge on any atom is 0.265 e. The van der Waals surface area contributed by atoms with Crippen molar-refractivity contribution in [3.63, 3.8) is 0 Å². The van der Waals surface area contributed by atoms with Crippen LogP contribution in [0.5, 0.6) is 0 Å². The fourth-order valence-corrected chi connectivity index (χ4v) is 5.76. The highest BCUT2D eigenvalue weighted by molar-refractivity contribution is 7.20. The van der Waals surface area contributed by atoms with E-state index in [1.807, 2.05) is 25.1 Å². The molecule has 2 aliphatic rings. The zero-order valence-corrected chi connectivity index (χ0v) is 19.1. The van der Waals surface area contributed by atoms with Crippen molar-refractivity contribution in [1.29, 1.82) is 0 Å². The molecule has 7 nitrogen and oxygen atoms in total. The van der Waals surface area contributed by atoms with Gasteiger partial charge in [-0.1, -0.05) is 26.7 Å². The number of pyridine rings is 1. The van der Waals surface area contributed by atoms with E-state index in [0.29, 0.717) is 6.04 Å². The van der Waals surface area contributed by atoms with Gasteiger partial charge >= 0.3 is 0 Å². The number of fused-ring (bicyclic) bond motifs is 1. The van der Waals surface area contributed by atoms with Crippen molar-refractivity contribution in [2.24, 2.45) is 0 Å². The minimum Gasteiger partial charge on any atom is -0.354 e. The molecule has 0 radical (unpaired) electrons. The van der Waals surface area contributed by atoms with E-state index >= 15 is 0 Å². The SMILES string of the molecule is C.Cc1nn(C2CCCCC2)c2sc(C(=O)Nc3ccc(N4CCN(C)CC4)nc3)cc12. The lowest BCUT2D eigenvalue weighted by Crippen LogP contribution is -2.44. The van der Waals surface area contributed by atoms with Crippen LogP contribution in [0.1, 0.15) is 60.9 Å². The normalized spacial score (nSPS) is 18.0. The zero-order chi connectivity index (χ0) is 21.4. The number of hydrogen-bond donors (Lipinski definition) is 1. The lowest BCUT2D eigenvalue weighted by atomic mass is 9.96. The van der Waals surface area contributed by atoms with Crippen LogP contribution in [-0.4, -0.2) is 58.8 Å². The average Bonchev–Trinajstić information content (AvgIpc) is 3.36. The van der Waals surface area contributed by atoms with Crippen molar-refractivity contribution in [2.45, 2.75) is 52.5 Å². The number of likely N-dealkylation sites (N-methyl/N-ethyl adjacent to an activating group) is 1. The molecule has 2 fully saturated rings. The summed E-state index contributed by atoms with van der Waals surface area (Å²) in [6.45, 7) is 6.09. The second-order valence-corrected chi connectivity index (χ2v) is 9.83. The van der Waals surface area contributed by atoms with Gasteiger partial charge in [0.15, 0.2) is 0 Å². The Kier molecular flexibility index (Phi) is 6.81. The Morgan fingerprint density at radius 3 is 2.56 bits per heavy atom. The molecule has 3 aromatic heterocycles. The van der Waals surface area contributed by atoms with Crippen molar-refractivity contribution >= 4 is 39.0 Å². The number of anilines is 2. The lowest BCUT2D eigenvalue weighted by Gasteiger charge is -2.33. The number of thiophene rings is 1. The van der Waals surface area contributed by atoms with Crippen LogP contribution in [0.15, 0.2) is 24.4 Å². The fourth-order valence-electron chi connectivity index (χ4n) is 4.63. The second kappa shape index (κ2) is 9.58. The molecule has 172 valence electrons. The number of piperazine rings is 1. The summed E-state index contributed by atoms with van der Waals surface area (Å²) in [6, 6.07) is 6.40. The van der Waals surface area contributed by atoms with Crippen molar-refractivity contribution in [3.8, 4) is 0 Å². The van der Waals surface area contributed by atoms with Crippen LogP contribution < -0.4 is 10.2 Å². The van der Waals surface area contributed by atoms with Gasteiger partial charge in [0.2, 0.25) is 0 Å². The first-order chi connectivity index (χ1) is 15.1. The Labute approximate surface area is 194 Å². The highest BCUT2D eigenvalue weighted by Crippen LogP contribution is 2.35. The second-order valence-electron chi connectivity index (χ2n) is 8.80. The molecular weight excluding hydrogens is 420 g/mol. The van der Waals surface area contributed by atoms with Gasteiger partial charge < -0.3 is 15.1 Å². The number of carbonyl (C=O) groups excluding carboxylic acids is 1. The third-order valence-corrected chi connectivity index (χ3v) is 7.67. The maximum atomic E-state index is 12.9. The fraction of sp³-hybridized carbons (Fsp3) is 0.542. The highest BCUT2D eigenvalue weighted by Gasteiger charge is 2.23. The summed E-state index contributed by atoms with van der Waals surface area (Å²) in [5.41, 5.74) is 1.74. The van der Waals surface area contributed by atoms with Crippen LogP contribution in [0.25, 0.3) is 10.2 Å². The van der Waals surface area contributed by atoms with Gasteiger partial charge in [0.1, 0.15) is 10.6 Å². The number of aromatic nitrogens is 3. The van der Waals surface area contributed by atoms with Gasteiger partial charge in [-0.2, -0.15) is 5.10 Å². The third-order valence-electron chi connectivity index (χ3n) is 6.55. The molecule has 5 rings (SSSR count).